The van der Waals surface area contributed by atoms with Crippen molar-refractivity contribution in [1.29, 1.82) is 0 Å². The molecule has 0 spiro atoms. The molecule has 4 nitrogen and oxygen atoms in total. The van der Waals surface area contributed by atoms with E-state index in [9.17, 15) is 35.9 Å². The smallest absolute Gasteiger partial charge is 0.377 e. The molecule has 0 aliphatic heterocycles. The van der Waals surface area contributed by atoms with Gasteiger partial charge in [0, 0.05) is 12.6 Å². The molecule has 0 aliphatic rings. The fourth-order valence-electron chi connectivity index (χ4n) is 5.07. The molecule has 5 aromatic rings. The number of benzene rings is 4. The fourth-order valence-corrected chi connectivity index (χ4v) is 7.51. The van der Waals surface area contributed by atoms with Crippen LogP contribution in [0.2, 0.25) is 0 Å². The van der Waals surface area contributed by atoms with Crippen LogP contribution in [-0.2, 0) is 25.3 Å². The average molecular weight is 641 g/mol. The molecule has 0 fully saturated rings. The molecule has 0 aliphatic carbocycles. The average Bonchev–Trinajstić information content (AvgIpc) is 3.03. The van der Waals surface area contributed by atoms with E-state index in [4.69, 9.17) is 0 Å². The molecule has 11 heteroatoms. The summed E-state index contributed by atoms with van der Waals surface area (Å²) in [5.41, 5.74) is -4.21. The summed E-state index contributed by atoms with van der Waals surface area (Å²) in [6.45, 7) is -0.531. The van der Waals surface area contributed by atoms with Gasteiger partial charge >= 0.3 is 12.4 Å². The van der Waals surface area contributed by atoms with Crippen molar-refractivity contribution in [2.45, 2.75) is 31.4 Å². The second kappa shape index (κ2) is 13.3. The minimum absolute atomic E-state index is 0.0413. The zero-order valence-corrected chi connectivity index (χ0v) is 24.5. The van der Waals surface area contributed by atoms with Crippen molar-refractivity contribution in [2.24, 2.45) is 0 Å². The molecule has 0 radical (unpaired) electrons. The maximum Gasteiger partial charge on any atom is 0.416 e. The fraction of sp³-hybridized carbons (Fsp3) is 0.176. The molecule has 0 aromatic heterocycles. The standard InChI is InChI=1S/C34H27F6N2O2P/c35-33(36,37)24-16-23(17-25(19-24)34(38,39)40)20-41-29-30(32(44)31(29)43)42-26(18-22-10-4-1-5-11-22)21-45(27-12-6-2-7-13-27)28-14-8-3-9-15-28/h1-17,19,26,41-42H,18,20-21H2/t26-/m0/s1. The second-order valence-corrected chi connectivity index (χ2v) is 12.7. The van der Waals surface area contributed by atoms with Crippen molar-refractivity contribution >= 4 is 29.9 Å². The highest BCUT2D eigenvalue weighted by molar-refractivity contribution is 7.73. The van der Waals surface area contributed by atoms with Crippen molar-refractivity contribution in [3.8, 4) is 0 Å². The lowest BCUT2D eigenvalue weighted by atomic mass is 10.0. The van der Waals surface area contributed by atoms with E-state index < -0.39 is 48.8 Å². The normalized spacial score (nSPS) is 12.8. The van der Waals surface area contributed by atoms with Gasteiger partial charge < -0.3 is 10.6 Å². The van der Waals surface area contributed by atoms with Gasteiger partial charge in [0.05, 0.1) is 11.1 Å². The van der Waals surface area contributed by atoms with E-state index in [2.05, 4.69) is 10.6 Å². The van der Waals surface area contributed by atoms with Gasteiger partial charge in [-0.2, -0.15) is 26.3 Å². The molecule has 0 saturated carbocycles. The molecule has 5 rings (SSSR count). The number of hydrogen-bond acceptors (Lipinski definition) is 4. The zero-order valence-electron chi connectivity index (χ0n) is 23.6. The first kappa shape index (κ1) is 32.0. The highest BCUT2D eigenvalue weighted by atomic mass is 31.1. The Morgan fingerprint density at radius 3 is 1.56 bits per heavy atom. The minimum atomic E-state index is -5.01. The van der Waals surface area contributed by atoms with Crippen LogP contribution in [0.3, 0.4) is 0 Å². The summed E-state index contributed by atoms with van der Waals surface area (Å²) in [6, 6.07) is 30.2. The molecule has 0 heterocycles. The van der Waals surface area contributed by atoms with Gasteiger partial charge in [0.2, 0.25) is 0 Å². The number of alkyl halides is 6. The third kappa shape index (κ3) is 7.81. The quantitative estimate of drug-likeness (QED) is 0.0920. The van der Waals surface area contributed by atoms with Crippen LogP contribution in [0.25, 0.3) is 0 Å². The third-order valence-electron chi connectivity index (χ3n) is 7.24. The highest BCUT2D eigenvalue weighted by Gasteiger charge is 2.37. The van der Waals surface area contributed by atoms with Crippen LogP contribution in [0.5, 0.6) is 0 Å². The Morgan fingerprint density at radius 2 is 1.07 bits per heavy atom. The first-order valence-corrected chi connectivity index (χ1v) is 15.5. The molecular weight excluding hydrogens is 613 g/mol. The van der Waals surface area contributed by atoms with Crippen LogP contribution in [0.1, 0.15) is 22.3 Å². The van der Waals surface area contributed by atoms with Gasteiger partial charge in [-0.05, 0) is 60.4 Å². The molecule has 0 saturated heterocycles. The lowest BCUT2D eigenvalue weighted by Crippen LogP contribution is -2.41. The van der Waals surface area contributed by atoms with Crippen LogP contribution < -0.4 is 32.1 Å². The number of halogens is 6. The van der Waals surface area contributed by atoms with Crippen molar-refractivity contribution in [1.82, 2.24) is 0 Å². The van der Waals surface area contributed by atoms with Crippen molar-refractivity contribution in [2.75, 3.05) is 16.8 Å². The number of hydrogen-bond donors (Lipinski definition) is 2. The van der Waals surface area contributed by atoms with Gasteiger partial charge in [-0.3, -0.25) is 9.59 Å². The summed E-state index contributed by atoms with van der Waals surface area (Å²) < 4.78 is 80.1. The third-order valence-corrected chi connectivity index (χ3v) is 9.89. The van der Waals surface area contributed by atoms with Gasteiger partial charge in [0.15, 0.2) is 0 Å². The van der Waals surface area contributed by atoms with E-state index >= 15 is 0 Å². The summed E-state index contributed by atoms with van der Waals surface area (Å²) in [7, 11) is -0.926. The molecule has 2 N–H and O–H groups in total. The van der Waals surface area contributed by atoms with Crippen LogP contribution in [-0.4, -0.2) is 12.2 Å². The molecule has 5 aromatic carbocycles. The van der Waals surface area contributed by atoms with Gasteiger partial charge in [-0.15, -0.1) is 0 Å². The summed E-state index contributed by atoms with van der Waals surface area (Å²) in [5, 5.41) is 8.05. The van der Waals surface area contributed by atoms with E-state index in [1.165, 1.54) is 0 Å². The summed E-state index contributed by atoms with van der Waals surface area (Å²) in [6.07, 6.45) is -8.96. The molecule has 45 heavy (non-hydrogen) atoms. The van der Waals surface area contributed by atoms with Gasteiger partial charge in [-0.25, -0.2) is 0 Å². The van der Waals surface area contributed by atoms with E-state index in [1.807, 2.05) is 91.0 Å². The SMILES string of the molecule is O=c1c(NCc2cc(C(F)(F)F)cc(C(F)(F)F)c2)c(N[C@@H](Cc2ccccc2)CP(c2ccccc2)c2ccccc2)c1=O. The molecule has 0 amide bonds. The molecule has 232 valence electrons. The second-order valence-electron chi connectivity index (χ2n) is 10.5. The van der Waals surface area contributed by atoms with E-state index in [1.54, 1.807) is 0 Å². The Balaban J connectivity index is 1.44. The number of rotatable bonds is 11. The molecule has 0 unspecified atom stereocenters. The minimum Gasteiger partial charge on any atom is -0.377 e. The largest absolute Gasteiger partial charge is 0.416 e. The lowest BCUT2D eigenvalue weighted by molar-refractivity contribution is -0.143. The van der Waals surface area contributed by atoms with Crippen molar-refractivity contribution in [3.63, 3.8) is 0 Å². The molecule has 1 atom stereocenters. The van der Waals surface area contributed by atoms with Crippen molar-refractivity contribution < 1.29 is 26.3 Å². The van der Waals surface area contributed by atoms with Gasteiger partial charge in [0.1, 0.15) is 11.4 Å². The van der Waals surface area contributed by atoms with E-state index in [-0.39, 0.29) is 29.0 Å². The Labute approximate surface area is 256 Å². The molecule has 0 bridgehead atoms. The number of nitrogens with one attached hydrogen (secondary N) is 2. The zero-order chi connectivity index (χ0) is 32.2. The topological polar surface area (TPSA) is 58.2 Å². The highest BCUT2D eigenvalue weighted by Crippen LogP contribution is 2.38. The van der Waals surface area contributed by atoms with Crippen LogP contribution >= 0.6 is 7.92 Å². The van der Waals surface area contributed by atoms with Crippen LogP contribution in [0.15, 0.2) is 119 Å². The van der Waals surface area contributed by atoms with Gasteiger partial charge in [-0.1, -0.05) is 91.0 Å². The monoisotopic (exact) mass is 640 g/mol. The summed E-state index contributed by atoms with van der Waals surface area (Å²) in [5.74, 6) is 0. The predicted molar refractivity (Wildman–Crippen MR) is 167 cm³/mol. The van der Waals surface area contributed by atoms with E-state index in [0.717, 1.165) is 16.2 Å². The Bertz CT molecular complexity index is 1730. The Hall–Kier alpha value is -4.43. The maximum atomic E-state index is 13.4. The number of anilines is 2. The Kier molecular flexibility index (Phi) is 9.44. The first-order valence-electron chi connectivity index (χ1n) is 13.9. The van der Waals surface area contributed by atoms with Gasteiger partial charge in [0.25, 0.3) is 10.9 Å². The van der Waals surface area contributed by atoms with Crippen LogP contribution in [0, 0.1) is 0 Å². The van der Waals surface area contributed by atoms with Crippen LogP contribution in [0.4, 0.5) is 37.7 Å². The van der Waals surface area contributed by atoms with Crippen molar-refractivity contribution in [3.05, 3.63) is 152 Å². The maximum absolute atomic E-state index is 13.4. The van der Waals surface area contributed by atoms with E-state index in [0.29, 0.717) is 24.7 Å². The summed E-state index contributed by atoms with van der Waals surface area (Å²) in [4.78, 5) is 25.4. The Morgan fingerprint density at radius 1 is 0.600 bits per heavy atom. The first-order chi connectivity index (χ1) is 21.4. The summed E-state index contributed by atoms with van der Waals surface area (Å²) >= 11 is 0. The lowest BCUT2D eigenvalue weighted by Gasteiger charge is -2.28. The predicted octanol–water partition coefficient (Wildman–Crippen LogP) is 7.09. The molecular formula is C34H27F6N2O2P.